The van der Waals surface area contributed by atoms with Crippen molar-refractivity contribution in [2.75, 3.05) is 64.3 Å². The number of likely N-dealkylation sites (N-methyl/N-ethyl adjacent to an activating group) is 1. The van der Waals surface area contributed by atoms with Crippen molar-refractivity contribution in [3.05, 3.63) is 18.1 Å². The Labute approximate surface area is 186 Å². The summed E-state index contributed by atoms with van der Waals surface area (Å²) >= 11 is 0. The van der Waals surface area contributed by atoms with E-state index in [1.165, 1.54) is 38.8 Å². The second-order valence-corrected chi connectivity index (χ2v) is 8.27. The number of piperazine rings is 1. The van der Waals surface area contributed by atoms with Crippen molar-refractivity contribution in [2.45, 2.75) is 25.7 Å². The van der Waals surface area contributed by atoms with E-state index in [1.807, 2.05) is 11.1 Å². The van der Waals surface area contributed by atoms with Crippen molar-refractivity contribution in [3.8, 4) is 0 Å². The molecule has 0 aliphatic carbocycles. The van der Waals surface area contributed by atoms with Crippen LogP contribution in [-0.2, 0) is 0 Å². The summed E-state index contributed by atoms with van der Waals surface area (Å²) in [6.07, 6.45) is 8.52. The molecule has 1 aromatic rings. The molecule has 4 rings (SSSR count). The first-order chi connectivity index (χ1) is 13.2. The van der Waals surface area contributed by atoms with Crippen LogP contribution >= 0.6 is 24.8 Å². The molecule has 0 spiro atoms. The summed E-state index contributed by atoms with van der Waals surface area (Å²) in [5.74, 6) is 2.59. The average Bonchev–Trinajstić information content (AvgIpc) is 2.75. The van der Waals surface area contributed by atoms with Crippen molar-refractivity contribution >= 4 is 36.5 Å². The standard InChI is InChI=1S/C20H32N6O.2ClH/c1-24-10-12-26(13-11-24)20(27)18-14-22-15-19(23-18)25-8-4-17(5-9-25)16-2-6-21-7-3-16;;/h14-17,21H,2-13H2,1H3;2*1H. The molecular formula is C20H34Cl2N6O. The van der Waals surface area contributed by atoms with Gasteiger partial charge in [0, 0.05) is 39.3 Å². The quantitative estimate of drug-likeness (QED) is 0.767. The van der Waals surface area contributed by atoms with Gasteiger partial charge in [-0.25, -0.2) is 4.98 Å². The summed E-state index contributed by atoms with van der Waals surface area (Å²) in [7, 11) is 2.09. The van der Waals surface area contributed by atoms with Crippen LogP contribution in [-0.4, -0.2) is 85.1 Å². The van der Waals surface area contributed by atoms with Gasteiger partial charge in [0.1, 0.15) is 11.5 Å². The van der Waals surface area contributed by atoms with Crippen molar-refractivity contribution in [2.24, 2.45) is 11.8 Å². The van der Waals surface area contributed by atoms with Gasteiger partial charge in [0.25, 0.3) is 5.91 Å². The Hall–Kier alpha value is -1.15. The number of carbonyl (C=O) groups is 1. The lowest BCUT2D eigenvalue weighted by atomic mass is 9.79. The molecule has 0 radical (unpaired) electrons. The molecule has 0 atom stereocenters. The molecule has 3 fully saturated rings. The number of carbonyl (C=O) groups excluding carboxylic acids is 1. The van der Waals surface area contributed by atoms with Crippen LogP contribution in [0.15, 0.2) is 12.4 Å². The molecule has 4 heterocycles. The lowest BCUT2D eigenvalue weighted by Gasteiger charge is -2.38. The van der Waals surface area contributed by atoms with Gasteiger partial charge in [0.15, 0.2) is 0 Å². The van der Waals surface area contributed by atoms with E-state index in [0.29, 0.717) is 5.69 Å². The zero-order valence-corrected chi connectivity index (χ0v) is 18.9. The van der Waals surface area contributed by atoms with E-state index >= 15 is 0 Å². The Morgan fingerprint density at radius 3 is 2.21 bits per heavy atom. The number of aromatic nitrogens is 2. The molecule has 9 heteroatoms. The van der Waals surface area contributed by atoms with Gasteiger partial charge >= 0.3 is 0 Å². The van der Waals surface area contributed by atoms with Gasteiger partial charge in [-0.2, -0.15) is 0 Å². The number of hydrogen-bond donors (Lipinski definition) is 1. The average molecular weight is 445 g/mol. The molecule has 0 aromatic carbocycles. The van der Waals surface area contributed by atoms with Crippen LogP contribution in [0.4, 0.5) is 5.82 Å². The molecule has 3 aliphatic heterocycles. The molecular weight excluding hydrogens is 411 g/mol. The Morgan fingerprint density at radius 1 is 0.931 bits per heavy atom. The fourth-order valence-electron chi connectivity index (χ4n) is 4.70. The highest BCUT2D eigenvalue weighted by atomic mass is 35.5. The lowest BCUT2D eigenvalue weighted by Crippen LogP contribution is -2.47. The lowest BCUT2D eigenvalue weighted by molar-refractivity contribution is 0.0658. The highest BCUT2D eigenvalue weighted by Crippen LogP contribution is 2.32. The van der Waals surface area contributed by atoms with Gasteiger partial charge < -0.3 is 20.0 Å². The van der Waals surface area contributed by atoms with Crippen LogP contribution < -0.4 is 10.2 Å². The minimum atomic E-state index is 0. The van der Waals surface area contributed by atoms with Gasteiger partial charge in [-0.3, -0.25) is 9.78 Å². The number of hydrogen-bond acceptors (Lipinski definition) is 6. The molecule has 0 unspecified atom stereocenters. The third-order valence-corrected chi connectivity index (χ3v) is 6.55. The summed E-state index contributed by atoms with van der Waals surface area (Å²) in [5, 5.41) is 3.47. The van der Waals surface area contributed by atoms with Gasteiger partial charge in [-0.05, 0) is 57.7 Å². The molecule has 3 saturated heterocycles. The molecule has 7 nitrogen and oxygen atoms in total. The summed E-state index contributed by atoms with van der Waals surface area (Å²) < 4.78 is 0. The minimum absolute atomic E-state index is 0. The minimum Gasteiger partial charge on any atom is -0.355 e. The van der Waals surface area contributed by atoms with Crippen molar-refractivity contribution in [1.29, 1.82) is 0 Å². The molecule has 0 bridgehead atoms. The van der Waals surface area contributed by atoms with Gasteiger partial charge in [-0.15, -0.1) is 24.8 Å². The predicted molar refractivity (Wildman–Crippen MR) is 120 cm³/mol. The highest BCUT2D eigenvalue weighted by Gasteiger charge is 2.28. The fourth-order valence-corrected chi connectivity index (χ4v) is 4.70. The molecule has 164 valence electrons. The third kappa shape index (κ3) is 5.94. The van der Waals surface area contributed by atoms with Crippen molar-refractivity contribution < 1.29 is 4.79 Å². The first-order valence-corrected chi connectivity index (χ1v) is 10.5. The maximum atomic E-state index is 12.8. The fraction of sp³-hybridized carbons (Fsp3) is 0.750. The zero-order chi connectivity index (χ0) is 18.6. The molecule has 1 N–H and O–H groups in total. The van der Waals surface area contributed by atoms with E-state index in [9.17, 15) is 4.79 Å². The van der Waals surface area contributed by atoms with Gasteiger partial charge in [-0.1, -0.05) is 0 Å². The van der Waals surface area contributed by atoms with Crippen LogP contribution in [0.5, 0.6) is 0 Å². The SMILES string of the molecule is CN1CCN(C(=O)c2cncc(N3CCC(C4CCNCC4)CC3)n2)CC1.Cl.Cl. The number of rotatable bonds is 3. The van der Waals surface area contributed by atoms with E-state index in [0.717, 1.165) is 56.9 Å². The van der Waals surface area contributed by atoms with E-state index in [2.05, 4.69) is 32.1 Å². The molecule has 1 aromatic heterocycles. The maximum absolute atomic E-state index is 12.8. The van der Waals surface area contributed by atoms with Crippen molar-refractivity contribution in [1.82, 2.24) is 25.1 Å². The largest absolute Gasteiger partial charge is 0.355 e. The van der Waals surface area contributed by atoms with Crippen LogP contribution in [0.2, 0.25) is 0 Å². The van der Waals surface area contributed by atoms with Crippen LogP contribution in [0, 0.1) is 11.8 Å². The topological polar surface area (TPSA) is 64.6 Å². The number of nitrogens with zero attached hydrogens (tertiary/aromatic N) is 5. The Bertz CT molecular complexity index is 642. The van der Waals surface area contributed by atoms with E-state index < -0.39 is 0 Å². The Morgan fingerprint density at radius 2 is 1.55 bits per heavy atom. The third-order valence-electron chi connectivity index (χ3n) is 6.55. The molecule has 1 amide bonds. The van der Waals surface area contributed by atoms with E-state index in [4.69, 9.17) is 0 Å². The Kier molecular flexibility index (Phi) is 9.40. The summed E-state index contributed by atoms with van der Waals surface area (Å²) in [4.78, 5) is 28.2. The summed E-state index contributed by atoms with van der Waals surface area (Å²) in [5.41, 5.74) is 0.484. The monoisotopic (exact) mass is 444 g/mol. The number of nitrogens with one attached hydrogen (secondary N) is 1. The van der Waals surface area contributed by atoms with E-state index in [1.54, 1.807) is 6.20 Å². The smallest absolute Gasteiger partial charge is 0.274 e. The second kappa shape index (κ2) is 11.3. The number of anilines is 1. The first-order valence-electron chi connectivity index (χ1n) is 10.5. The van der Waals surface area contributed by atoms with Crippen LogP contribution in [0.25, 0.3) is 0 Å². The molecule has 29 heavy (non-hydrogen) atoms. The molecule has 3 aliphatic rings. The first kappa shape index (κ1) is 24.1. The predicted octanol–water partition coefficient (Wildman–Crippen LogP) is 1.92. The number of amides is 1. The molecule has 0 saturated carbocycles. The van der Waals surface area contributed by atoms with E-state index in [-0.39, 0.29) is 30.7 Å². The normalized spacial score (nSPS) is 22.0. The van der Waals surface area contributed by atoms with Gasteiger partial charge in [0.2, 0.25) is 0 Å². The van der Waals surface area contributed by atoms with Crippen LogP contribution in [0.1, 0.15) is 36.2 Å². The highest BCUT2D eigenvalue weighted by molar-refractivity contribution is 5.92. The zero-order valence-electron chi connectivity index (χ0n) is 17.3. The number of piperidine rings is 2. The Balaban J connectivity index is 0.00000150. The summed E-state index contributed by atoms with van der Waals surface area (Å²) in [6, 6.07) is 0. The summed E-state index contributed by atoms with van der Waals surface area (Å²) in [6.45, 7) is 7.77. The van der Waals surface area contributed by atoms with Gasteiger partial charge in [0.05, 0.1) is 12.4 Å². The van der Waals surface area contributed by atoms with Crippen molar-refractivity contribution in [3.63, 3.8) is 0 Å². The maximum Gasteiger partial charge on any atom is 0.274 e. The van der Waals surface area contributed by atoms with Crippen LogP contribution in [0.3, 0.4) is 0 Å². The second-order valence-electron chi connectivity index (χ2n) is 8.27. The number of halogens is 2.